The molecule has 6 nitrogen and oxygen atoms in total. The molecular weight excluding hydrogens is 244 g/mol. The van der Waals surface area contributed by atoms with Gasteiger partial charge in [0, 0.05) is 11.8 Å². The molecule has 0 atom stereocenters. The molecule has 3 rings (SSSR count). The summed E-state index contributed by atoms with van der Waals surface area (Å²) in [5.74, 6) is 2.01. The highest BCUT2D eigenvalue weighted by Crippen LogP contribution is 2.33. The van der Waals surface area contributed by atoms with Crippen molar-refractivity contribution >= 4 is 11.5 Å². The third-order valence-corrected chi connectivity index (χ3v) is 2.59. The Balaban J connectivity index is 1.81. The number of nitrogens with one attached hydrogen (secondary N) is 1. The highest BCUT2D eigenvalue weighted by atomic mass is 16.6. The zero-order chi connectivity index (χ0) is 13.1. The minimum atomic E-state index is 0.285. The number of anilines is 2. The number of ether oxygens (including phenoxy) is 2. The van der Waals surface area contributed by atoms with E-state index in [0.717, 1.165) is 11.4 Å². The number of nitriles is 1. The Hall–Kier alpha value is -2.81. The van der Waals surface area contributed by atoms with Gasteiger partial charge in [0.2, 0.25) is 0 Å². The van der Waals surface area contributed by atoms with E-state index >= 15 is 0 Å². The summed E-state index contributed by atoms with van der Waals surface area (Å²) in [6.07, 6.45) is 0. The Morgan fingerprint density at radius 1 is 1.05 bits per heavy atom. The van der Waals surface area contributed by atoms with E-state index in [1.165, 1.54) is 0 Å². The van der Waals surface area contributed by atoms with E-state index in [9.17, 15) is 0 Å². The van der Waals surface area contributed by atoms with Gasteiger partial charge in [-0.1, -0.05) is 0 Å². The number of hydrogen-bond acceptors (Lipinski definition) is 6. The second-order valence-corrected chi connectivity index (χ2v) is 3.90. The molecule has 0 fully saturated rings. The first kappa shape index (κ1) is 11.3. The maximum absolute atomic E-state index is 8.65. The lowest BCUT2D eigenvalue weighted by Gasteiger charge is -2.19. The fourth-order valence-electron chi connectivity index (χ4n) is 1.73. The van der Waals surface area contributed by atoms with E-state index in [2.05, 4.69) is 15.5 Å². The highest BCUT2D eigenvalue weighted by Gasteiger charge is 2.11. The monoisotopic (exact) mass is 254 g/mol. The molecular formula is C13H10N4O2. The van der Waals surface area contributed by atoms with Crippen molar-refractivity contribution < 1.29 is 9.47 Å². The van der Waals surface area contributed by atoms with Crippen LogP contribution >= 0.6 is 0 Å². The van der Waals surface area contributed by atoms with Gasteiger partial charge >= 0.3 is 0 Å². The number of hydrogen-bond donors (Lipinski definition) is 1. The van der Waals surface area contributed by atoms with Crippen LogP contribution in [0.2, 0.25) is 0 Å². The number of nitrogens with zero attached hydrogens (tertiary/aromatic N) is 3. The predicted molar refractivity (Wildman–Crippen MR) is 67.5 cm³/mol. The third-order valence-electron chi connectivity index (χ3n) is 2.59. The maximum Gasteiger partial charge on any atom is 0.163 e. The fourth-order valence-corrected chi connectivity index (χ4v) is 1.73. The molecule has 0 amide bonds. The lowest BCUT2D eigenvalue weighted by molar-refractivity contribution is 0.171. The quantitative estimate of drug-likeness (QED) is 0.881. The summed E-state index contributed by atoms with van der Waals surface area (Å²) in [5, 5.41) is 19.4. The SMILES string of the molecule is N#Cc1ccc(Nc2ccc3c(c2)OCCO3)nn1. The normalized spacial score (nSPS) is 12.6. The van der Waals surface area contributed by atoms with Crippen LogP contribution in [-0.2, 0) is 0 Å². The van der Waals surface area contributed by atoms with Crippen molar-refractivity contribution in [1.29, 1.82) is 5.26 Å². The molecule has 2 aromatic rings. The molecule has 19 heavy (non-hydrogen) atoms. The van der Waals surface area contributed by atoms with Crippen LogP contribution in [0.1, 0.15) is 5.69 Å². The van der Waals surface area contributed by atoms with Gasteiger partial charge in [-0.15, -0.1) is 10.2 Å². The first-order valence-corrected chi connectivity index (χ1v) is 5.76. The van der Waals surface area contributed by atoms with Crippen LogP contribution in [0.3, 0.4) is 0 Å². The van der Waals surface area contributed by atoms with Crippen molar-refractivity contribution in [2.75, 3.05) is 18.5 Å². The van der Waals surface area contributed by atoms with Crippen molar-refractivity contribution in [2.45, 2.75) is 0 Å². The van der Waals surface area contributed by atoms with Gasteiger partial charge in [-0.05, 0) is 24.3 Å². The Morgan fingerprint density at radius 2 is 1.89 bits per heavy atom. The molecule has 0 bridgehead atoms. The Morgan fingerprint density at radius 3 is 2.63 bits per heavy atom. The van der Waals surface area contributed by atoms with Gasteiger partial charge in [0.15, 0.2) is 23.0 Å². The van der Waals surface area contributed by atoms with Crippen molar-refractivity contribution in [3.8, 4) is 17.6 Å². The molecule has 0 radical (unpaired) electrons. The Bertz CT molecular complexity index is 634. The number of rotatable bonds is 2. The van der Waals surface area contributed by atoms with Gasteiger partial charge in [-0.25, -0.2) is 0 Å². The molecule has 94 valence electrons. The average Bonchev–Trinajstić information content (AvgIpc) is 2.48. The minimum Gasteiger partial charge on any atom is -0.486 e. The fraction of sp³-hybridized carbons (Fsp3) is 0.154. The molecule has 1 aliphatic heterocycles. The smallest absolute Gasteiger partial charge is 0.163 e. The standard InChI is InChI=1S/C13H10N4O2/c14-8-10-2-4-13(17-16-10)15-9-1-3-11-12(7-9)19-6-5-18-11/h1-4,7H,5-6H2,(H,15,17). The van der Waals surface area contributed by atoms with Crippen LogP contribution in [0.25, 0.3) is 0 Å². The van der Waals surface area contributed by atoms with Gasteiger partial charge in [-0.2, -0.15) is 5.26 Å². The van der Waals surface area contributed by atoms with Gasteiger partial charge < -0.3 is 14.8 Å². The molecule has 1 aliphatic rings. The second-order valence-electron chi connectivity index (χ2n) is 3.90. The summed E-state index contributed by atoms with van der Waals surface area (Å²) in [6, 6.07) is 10.8. The van der Waals surface area contributed by atoms with E-state index in [4.69, 9.17) is 14.7 Å². The Labute approximate surface area is 109 Å². The lowest BCUT2D eigenvalue weighted by atomic mass is 10.2. The van der Waals surface area contributed by atoms with Gasteiger partial charge in [-0.3, -0.25) is 0 Å². The lowest BCUT2D eigenvalue weighted by Crippen LogP contribution is -2.15. The van der Waals surface area contributed by atoms with E-state index in [1.807, 2.05) is 24.3 Å². The maximum atomic E-state index is 8.65. The Kier molecular flexibility index (Phi) is 2.86. The van der Waals surface area contributed by atoms with Gasteiger partial charge in [0.1, 0.15) is 19.3 Å². The number of fused-ring (bicyclic) bond motifs is 1. The molecule has 1 aromatic carbocycles. The van der Waals surface area contributed by atoms with Gasteiger partial charge in [0.05, 0.1) is 0 Å². The molecule has 0 saturated carbocycles. The van der Waals surface area contributed by atoms with Crippen LogP contribution in [0, 0.1) is 11.3 Å². The van der Waals surface area contributed by atoms with Crippen LogP contribution in [-0.4, -0.2) is 23.4 Å². The first-order chi connectivity index (χ1) is 9.35. The summed E-state index contributed by atoms with van der Waals surface area (Å²) in [5.41, 5.74) is 1.11. The van der Waals surface area contributed by atoms with Crippen molar-refractivity contribution in [1.82, 2.24) is 10.2 Å². The topological polar surface area (TPSA) is 80.1 Å². The highest BCUT2D eigenvalue weighted by molar-refractivity contribution is 5.61. The molecule has 1 N–H and O–H groups in total. The molecule has 1 aromatic heterocycles. The number of aromatic nitrogens is 2. The van der Waals surface area contributed by atoms with Crippen LogP contribution in [0.4, 0.5) is 11.5 Å². The zero-order valence-electron chi connectivity index (χ0n) is 9.96. The van der Waals surface area contributed by atoms with E-state index in [0.29, 0.717) is 24.8 Å². The van der Waals surface area contributed by atoms with E-state index in [1.54, 1.807) is 12.1 Å². The molecule has 0 saturated heterocycles. The zero-order valence-corrected chi connectivity index (χ0v) is 9.96. The largest absolute Gasteiger partial charge is 0.486 e. The van der Waals surface area contributed by atoms with Crippen LogP contribution in [0.5, 0.6) is 11.5 Å². The molecule has 0 spiro atoms. The van der Waals surface area contributed by atoms with Crippen LogP contribution < -0.4 is 14.8 Å². The average molecular weight is 254 g/mol. The van der Waals surface area contributed by atoms with Crippen LogP contribution in [0.15, 0.2) is 30.3 Å². The van der Waals surface area contributed by atoms with Crippen molar-refractivity contribution in [3.05, 3.63) is 36.0 Å². The second kappa shape index (κ2) is 4.82. The van der Waals surface area contributed by atoms with E-state index < -0.39 is 0 Å². The van der Waals surface area contributed by atoms with Crippen molar-refractivity contribution in [3.63, 3.8) is 0 Å². The first-order valence-electron chi connectivity index (χ1n) is 5.76. The molecule has 6 heteroatoms. The summed E-state index contributed by atoms with van der Waals surface area (Å²) >= 11 is 0. The minimum absolute atomic E-state index is 0.285. The summed E-state index contributed by atoms with van der Waals surface area (Å²) in [6.45, 7) is 1.12. The number of benzene rings is 1. The van der Waals surface area contributed by atoms with E-state index in [-0.39, 0.29) is 5.69 Å². The summed E-state index contributed by atoms with van der Waals surface area (Å²) in [7, 11) is 0. The summed E-state index contributed by atoms with van der Waals surface area (Å²) < 4.78 is 10.9. The van der Waals surface area contributed by atoms with Crippen molar-refractivity contribution in [2.24, 2.45) is 0 Å². The molecule has 0 aliphatic carbocycles. The molecule has 2 heterocycles. The predicted octanol–water partition coefficient (Wildman–Crippen LogP) is 1.86. The third kappa shape index (κ3) is 2.40. The molecule has 0 unspecified atom stereocenters. The van der Waals surface area contributed by atoms with Gasteiger partial charge in [0.25, 0.3) is 0 Å². The summed E-state index contributed by atoms with van der Waals surface area (Å²) in [4.78, 5) is 0.